The van der Waals surface area contributed by atoms with E-state index in [2.05, 4.69) is 15.5 Å². The van der Waals surface area contributed by atoms with Crippen molar-refractivity contribution in [1.82, 2.24) is 4.98 Å². The van der Waals surface area contributed by atoms with Crippen LogP contribution in [0.3, 0.4) is 0 Å². The quantitative estimate of drug-likeness (QED) is 0.584. The first kappa shape index (κ1) is 15.5. The predicted molar refractivity (Wildman–Crippen MR) is 89.0 cm³/mol. The molecular formula is C17H14N4O3. The largest absolute Gasteiger partial charge is 0.463 e. The van der Waals surface area contributed by atoms with Crippen LogP contribution in [0.1, 0.15) is 36.9 Å². The number of para-hydroxylation sites is 1. The summed E-state index contributed by atoms with van der Waals surface area (Å²) in [6.45, 7) is 3.81. The van der Waals surface area contributed by atoms with Crippen molar-refractivity contribution in [3.63, 3.8) is 0 Å². The molecule has 0 saturated heterocycles. The van der Waals surface area contributed by atoms with E-state index in [9.17, 15) is 4.79 Å². The summed E-state index contributed by atoms with van der Waals surface area (Å²) < 4.78 is 10.8. The molecule has 0 aliphatic carbocycles. The lowest BCUT2D eigenvalue weighted by molar-refractivity contribution is 0.481. The molecule has 2 aromatic heterocycles. The summed E-state index contributed by atoms with van der Waals surface area (Å²) in [6, 6.07) is 8.89. The van der Waals surface area contributed by atoms with Crippen LogP contribution in [0.5, 0.6) is 0 Å². The molecule has 24 heavy (non-hydrogen) atoms. The second-order valence-corrected chi connectivity index (χ2v) is 5.38. The number of oxazole rings is 1. The fraction of sp³-hybridized carbons (Fsp3) is 0.176. The topological polar surface area (TPSA) is 104 Å². The zero-order chi connectivity index (χ0) is 17.1. The van der Waals surface area contributed by atoms with Crippen molar-refractivity contribution in [2.45, 2.75) is 19.8 Å². The number of rotatable bonds is 4. The first-order valence-corrected chi connectivity index (χ1v) is 7.30. The number of fused-ring (bicyclic) bond motifs is 1. The number of hydrogen-bond acceptors (Lipinski definition) is 7. The SMILES string of the molecule is CC(C)c1nc(C#N)c(N/N=C\c2coc3ccccc3c2=O)o1. The van der Waals surface area contributed by atoms with Gasteiger partial charge in [-0.15, -0.1) is 0 Å². The molecule has 0 fully saturated rings. The van der Waals surface area contributed by atoms with Gasteiger partial charge in [-0.3, -0.25) is 4.79 Å². The minimum absolute atomic E-state index is 0.0455. The molecule has 0 atom stereocenters. The fourth-order valence-corrected chi connectivity index (χ4v) is 2.08. The van der Waals surface area contributed by atoms with Gasteiger partial charge >= 0.3 is 0 Å². The minimum Gasteiger partial charge on any atom is -0.463 e. The smallest absolute Gasteiger partial charge is 0.252 e. The van der Waals surface area contributed by atoms with Crippen molar-refractivity contribution in [3.8, 4) is 6.07 Å². The highest BCUT2D eigenvalue weighted by Gasteiger charge is 2.14. The monoisotopic (exact) mass is 322 g/mol. The maximum Gasteiger partial charge on any atom is 0.252 e. The Balaban J connectivity index is 1.86. The summed E-state index contributed by atoms with van der Waals surface area (Å²) in [4.78, 5) is 16.4. The van der Waals surface area contributed by atoms with Gasteiger partial charge in [0, 0.05) is 5.92 Å². The summed E-state index contributed by atoms with van der Waals surface area (Å²) in [7, 11) is 0. The average molecular weight is 322 g/mol. The van der Waals surface area contributed by atoms with Crippen LogP contribution in [0.2, 0.25) is 0 Å². The molecule has 0 amide bonds. The van der Waals surface area contributed by atoms with Crippen LogP contribution in [-0.2, 0) is 0 Å². The highest BCUT2D eigenvalue weighted by Crippen LogP contribution is 2.21. The van der Waals surface area contributed by atoms with Crippen molar-refractivity contribution in [1.29, 1.82) is 5.26 Å². The van der Waals surface area contributed by atoms with Crippen molar-refractivity contribution in [2.75, 3.05) is 5.43 Å². The third-order valence-corrected chi connectivity index (χ3v) is 3.32. The number of aromatic nitrogens is 1. The molecule has 0 aliphatic rings. The lowest BCUT2D eigenvalue weighted by Gasteiger charge is -1.98. The molecule has 0 spiro atoms. The van der Waals surface area contributed by atoms with Gasteiger partial charge in [0.25, 0.3) is 5.88 Å². The molecular weight excluding hydrogens is 308 g/mol. The summed E-state index contributed by atoms with van der Waals surface area (Å²) in [5.41, 5.74) is 3.31. The third kappa shape index (κ3) is 2.90. The Kier molecular flexibility index (Phi) is 4.12. The normalized spacial score (nSPS) is 11.2. The molecule has 3 aromatic rings. The van der Waals surface area contributed by atoms with Gasteiger partial charge in [-0.05, 0) is 12.1 Å². The third-order valence-electron chi connectivity index (χ3n) is 3.32. The number of nitriles is 1. The molecule has 2 heterocycles. The van der Waals surface area contributed by atoms with E-state index in [0.717, 1.165) is 0 Å². The van der Waals surface area contributed by atoms with Crippen molar-refractivity contribution < 1.29 is 8.83 Å². The Labute approximate surface area is 137 Å². The van der Waals surface area contributed by atoms with E-state index in [0.29, 0.717) is 16.9 Å². The van der Waals surface area contributed by atoms with Crippen LogP contribution in [0, 0.1) is 11.3 Å². The number of hydrazone groups is 1. The summed E-state index contributed by atoms with van der Waals surface area (Å²) >= 11 is 0. The fourth-order valence-electron chi connectivity index (χ4n) is 2.08. The lowest BCUT2D eigenvalue weighted by Crippen LogP contribution is -2.08. The zero-order valence-corrected chi connectivity index (χ0v) is 13.1. The number of nitrogens with one attached hydrogen (secondary N) is 1. The van der Waals surface area contributed by atoms with Crippen LogP contribution in [-0.4, -0.2) is 11.2 Å². The maximum absolute atomic E-state index is 12.3. The first-order valence-electron chi connectivity index (χ1n) is 7.30. The molecule has 0 aliphatic heterocycles. The molecule has 7 nitrogen and oxygen atoms in total. The van der Waals surface area contributed by atoms with E-state index in [1.54, 1.807) is 24.3 Å². The summed E-state index contributed by atoms with van der Waals surface area (Å²) in [6.07, 6.45) is 2.65. The van der Waals surface area contributed by atoms with Gasteiger partial charge in [-0.1, -0.05) is 26.0 Å². The van der Waals surface area contributed by atoms with E-state index in [4.69, 9.17) is 14.1 Å². The summed E-state index contributed by atoms with van der Waals surface area (Å²) in [5.74, 6) is 0.626. The average Bonchev–Trinajstić information content (AvgIpc) is 3.01. The predicted octanol–water partition coefficient (Wildman–Crippen LogP) is 3.22. The van der Waals surface area contributed by atoms with Crippen molar-refractivity contribution >= 4 is 23.1 Å². The Bertz CT molecular complexity index is 1010. The van der Waals surface area contributed by atoms with Crippen LogP contribution in [0.15, 0.2) is 49.3 Å². The molecule has 0 radical (unpaired) electrons. The number of hydrogen-bond donors (Lipinski definition) is 1. The van der Waals surface area contributed by atoms with Gasteiger partial charge in [0.2, 0.25) is 17.0 Å². The van der Waals surface area contributed by atoms with Gasteiger partial charge in [-0.25, -0.2) is 10.4 Å². The molecule has 1 N–H and O–H groups in total. The summed E-state index contributed by atoms with van der Waals surface area (Å²) in [5, 5.41) is 13.5. The minimum atomic E-state index is -0.191. The van der Waals surface area contributed by atoms with Crippen LogP contribution < -0.4 is 10.9 Å². The maximum atomic E-state index is 12.3. The number of anilines is 1. The Morgan fingerprint density at radius 1 is 1.38 bits per heavy atom. The van der Waals surface area contributed by atoms with E-state index >= 15 is 0 Å². The van der Waals surface area contributed by atoms with Crippen molar-refractivity contribution in [2.24, 2.45) is 5.10 Å². The van der Waals surface area contributed by atoms with Gasteiger partial charge in [0.15, 0.2) is 0 Å². The highest BCUT2D eigenvalue weighted by molar-refractivity contribution is 5.86. The highest BCUT2D eigenvalue weighted by atomic mass is 16.4. The van der Waals surface area contributed by atoms with Crippen LogP contribution >= 0.6 is 0 Å². The molecule has 7 heteroatoms. The second kappa shape index (κ2) is 6.38. The Morgan fingerprint density at radius 3 is 2.92 bits per heavy atom. The van der Waals surface area contributed by atoms with Gasteiger partial charge < -0.3 is 8.83 Å². The van der Waals surface area contributed by atoms with Crippen molar-refractivity contribution in [3.05, 3.63) is 57.9 Å². The zero-order valence-electron chi connectivity index (χ0n) is 13.1. The molecule has 3 rings (SSSR count). The van der Waals surface area contributed by atoms with Crippen LogP contribution in [0.25, 0.3) is 11.0 Å². The lowest BCUT2D eigenvalue weighted by atomic mass is 10.2. The van der Waals surface area contributed by atoms with Gasteiger partial charge in [0.05, 0.1) is 17.2 Å². The van der Waals surface area contributed by atoms with Gasteiger partial charge in [-0.2, -0.15) is 10.4 Å². The van der Waals surface area contributed by atoms with E-state index < -0.39 is 0 Å². The molecule has 0 unspecified atom stereocenters. The molecule has 120 valence electrons. The van der Waals surface area contributed by atoms with E-state index in [1.807, 2.05) is 19.9 Å². The Hall–Kier alpha value is -3.40. The molecule has 1 aromatic carbocycles. The second-order valence-electron chi connectivity index (χ2n) is 5.38. The van der Waals surface area contributed by atoms with E-state index in [1.165, 1.54) is 12.5 Å². The first-order chi connectivity index (χ1) is 11.6. The van der Waals surface area contributed by atoms with E-state index in [-0.39, 0.29) is 28.5 Å². The van der Waals surface area contributed by atoms with Gasteiger partial charge in [0.1, 0.15) is 17.9 Å². The number of benzene rings is 1. The standard InChI is InChI=1S/C17H14N4O3/c1-10(2)16-20-13(7-18)17(24-16)21-19-8-11-9-23-14-6-4-3-5-12(14)15(11)22/h3-6,8-10,21H,1-2H3/b19-8-. The van der Waals surface area contributed by atoms with Crippen LogP contribution in [0.4, 0.5) is 5.88 Å². The number of nitrogens with zero attached hydrogens (tertiary/aromatic N) is 3. The molecule has 0 bridgehead atoms. The molecule has 0 saturated carbocycles. The Morgan fingerprint density at radius 2 is 2.17 bits per heavy atom.